The number of nitrogens with zero attached hydrogens (tertiary/aromatic N) is 3. The largest absolute Gasteiger partial charge is 0.366 e. The van der Waals surface area contributed by atoms with E-state index in [1.54, 1.807) is 6.20 Å². The Kier molecular flexibility index (Phi) is 4.61. The van der Waals surface area contributed by atoms with Gasteiger partial charge in [0.05, 0.1) is 5.69 Å². The van der Waals surface area contributed by atoms with Gasteiger partial charge in [-0.05, 0) is 36.6 Å². The molecule has 1 saturated carbocycles. The van der Waals surface area contributed by atoms with E-state index in [2.05, 4.69) is 47.6 Å². The number of nitrogens with one attached hydrogen (secondary N) is 2. The molecule has 0 bridgehead atoms. The molecule has 5 nitrogen and oxygen atoms in total. The predicted molar refractivity (Wildman–Crippen MR) is 103 cm³/mol. The number of halogens is 1. The Morgan fingerprint density at radius 1 is 1.08 bits per heavy atom. The maximum Gasteiger partial charge on any atom is 0.225 e. The van der Waals surface area contributed by atoms with Crippen molar-refractivity contribution in [2.24, 2.45) is 0 Å². The van der Waals surface area contributed by atoms with Crippen LogP contribution in [0.1, 0.15) is 18.4 Å². The number of hydrogen-bond donors (Lipinski definition) is 2. The summed E-state index contributed by atoms with van der Waals surface area (Å²) in [7, 11) is 0. The van der Waals surface area contributed by atoms with Crippen LogP contribution in [0, 0.1) is 0 Å². The SMILES string of the molecule is Brc1ccccc1CNc1cc(-c2cccnc2)nc(NC2CC2)n1. The van der Waals surface area contributed by atoms with Gasteiger partial charge in [-0.2, -0.15) is 4.98 Å². The Hall–Kier alpha value is -2.47. The molecular weight excluding hydrogens is 378 g/mol. The van der Waals surface area contributed by atoms with Gasteiger partial charge in [0.2, 0.25) is 5.95 Å². The maximum absolute atomic E-state index is 4.64. The van der Waals surface area contributed by atoms with Crippen LogP contribution in [0.3, 0.4) is 0 Å². The first-order valence-corrected chi connectivity index (χ1v) is 9.10. The third-order valence-electron chi connectivity index (χ3n) is 4.01. The van der Waals surface area contributed by atoms with Crippen molar-refractivity contribution in [2.45, 2.75) is 25.4 Å². The fraction of sp³-hybridized carbons (Fsp3) is 0.211. The Morgan fingerprint density at radius 2 is 1.96 bits per heavy atom. The fourth-order valence-corrected chi connectivity index (χ4v) is 2.93. The molecule has 0 aliphatic heterocycles. The zero-order valence-electron chi connectivity index (χ0n) is 13.6. The second-order valence-electron chi connectivity index (χ2n) is 6.07. The molecular formula is C19H18BrN5. The Labute approximate surface area is 155 Å². The molecule has 3 aromatic rings. The Bertz CT molecular complexity index is 865. The average Bonchev–Trinajstić information content (AvgIpc) is 3.46. The molecule has 0 radical (unpaired) electrons. The molecule has 0 atom stereocenters. The van der Waals surface area contributed by atoms with Crippen molar-refractivity contribution in [3.63, 3.8) is 0 Å². The fourth-order valence-electron chi connectivity index (χ4n) is 2.50. The predicted octanol–water partition coefficient (Wildman–Crippen LogP) is 4.49. The first kappa shape index (κ1) is 16.0. The third kappa shape index (κ3) is 4.14. The van der Waals surface area contributed by atoms with Gasteiger partial charge < -0.3 is 10.6 Å². The van der Waals surface area contributed by atoms with Gasteiger partial charge in [-0.15, -0.1) is 0 Å². The highest BCUT2D eigenvalue weighted by Gasteiger charge is 2.22. The Morgan fingerprint density at radius 3 is 2.72 bits per heavy atom. The zero-order valence-corrected chi connectivity index (χ0v) is 15.2. The molecule has 6 heteroatoms. The lowest BCUT2D eigenvalue weighted by Gasteiger charge is -2.12. The number of hydrogen-bond acceptors (Lipinski definition) is 5. The van der Waals surface area contributed by atoms with Gasteiger partial charge in [-0.1, -0.05) is 34.1 Å². The van der Waals surface area contributed by atoms with Crippen molar-refractivity contribution in [3.8, 4) is 11.3 Å². The van der Waals surface area contributed by atoms with Crippen molar-refractivity contribution < 1.29 is 0 Å². The van der Waals surface area contributed by atoms with Gasteiger partial charge in [-0.3, -0.25) is 4.98 Å². The molecule has 1 aromatic carbocycles. The van der Waals surface area contributed by atoms with E-state index in [4.69, 9.17) is 0 Å². The van der Waals surface area contributed by atoms with Crippen LogP contribution in [0.25, 0.3) is 11.3 Å². The summed E-state index contributed by atoms with van der Waals surface area (Å²) in [5, 5.41) is 6.79. The number of rotatable bonds is 6. The second kappa shape index (κ2) is 7.19. The van der Waals surface area contributed by atoms with Crippen LogP contribution in [0.15, 0.2) is 59.3 Å². The van der Waals surface area contributed by atoms with E-state index in [9.17, 15) is 0 Å². The summed E-state index contributed by atoms with van der Waals surface area (Å²) in [6.45, 7) is 0.688. The van der Waals surface area contributed by atoms with Gasteiger partial charge in [0.15, 0.2) is 0 Å². The van der Waals surface area contributed by atoms with Crippen LogP contribution < -0.4 is 10.6 Å². The zero-order chi connectivity index (χ0) is 17.1. The van der Waals surface area contributed by atoms with E-state index in [-0.39, 0.29) is 0 Å². The minimum atomic E-state index is 0.500. The van der Waals surface area contributed by atoms with Gasteiger partial charge >= 0.3 is 0 Å². The molecule has 1 aliphatic carbocycles. The van der Waals surface area contributed by atoms with Crippen molar-refractivity contribution in [1.82, 2.24) is 15.0 Å². The Balaban J connectivity index is 1.60. The standard InChI is InChI=1S/C19H18BrN5/c20-16-6-2-1-4-13(16)12-22-18-10-17(14-5-3-9-21-11-14)24-19(25-18)23-15-7-8-15/h1-6,9-11,15H,7-8,12H2,(H2,22,23,24,25). The molecule has 0 saturated heterocycles. The third-order valence-corrected chi connectivity index (χ3v) is 4.79. The van der Waals surface area contributed by atoms with Crippen molar-refractivity contribution >= 4 is 27.7 Å². The molecule has 1 aliphatic rings. The summed E-state index contributed by atoms with van der Waals surface area (Å²) < 4.78 is 1.08. The highest BCUT2D eigenvalue weighted by atomic mass is 79.9. The highest BCUT2D eigenvalue weighted by molar-refractivity contribution is 9.10. The summed E-state index contributed by atoms with van der Waals surface area (Å²) in [5.74, 6) is 1.46. The van der Waals surface area contributed by atoms with E-state index in [1.807, 2.05) is 42.6 Å². The second-order valence-corrected chi connectivity index (χ2v) is 6.92. The molecule has 0 amide bonds. The van der Waals surface area contributed by atoms with Crippen LogP contribution >= 0.6 is 15.9 Å². The van der Waals surface area contributed by atoms with E-state index in [0.29, 0.717) is 18.5 Å². The summed E-state index contributed by atoms with van der Waals surface area (Å²) in [6.07, 6.45) is 5.95. The van der Waals surface area contributed by atoms with Gasteiger partial charge in [0.1, 0.15) is 5.82 Å². The monoisotopic (exact) mass is 395 g/mol. The summed E-state index contributed by atoms with van der Waals surface area (Å²) in [4.78, 5) is 13.5. The molecule has 4 rings (SSSR count). The van der Waals surface area contributed by atoms with Crippen LogP contribution in [0.2, 0.25) is 0 Å². The normalized spacial score (nSPS) is 13.5. The number of pyridine rings is 1. The van der Waals surface area contributed by atoms with Crippen LogP contribution in [-0.2, 0) is 6.54 Å². The lowest BCUT2D eigenvalue weighted by molar-refractivity contribution is 1.03. The number of benzene rings is 1. The molecule has 0 spiro atoms. The topological polar surface area (TPSA) is 62.7 Å². The van der Waals surface area contributed by atoms with Crippen LogP contribution in [0.5, 0.6) is 0 Å². The molecule has 0 unspecified atom stereocenters. The number of anilines is 2. The van der Waals surface area contributed by atoms with Crippen molar-refractivity contribution in [2.75, 3.05) is 10.6 Å². The lowest BCUT2D eigenvalue weighted by Crippen LogP contribution is -2.09. The van der Waals surface area contributed by atoms with Crippen LogP contribution in [-0.4, -0.2) is 21.0 Å². The van der Waals surface area contributed by atoms with E-state index in [0.717, 1.165) is 21.5 Å². The summed E-state index contributed by atoms with van der Waals surface area (Å²) >= 11 is 3.58. The molecule has 2 aromatic heterocycles. The minimum absolute atomic E-state index is 0.500. The summed E-state index contributed by atoms with van der Waals surface area (Å²) in [6, 6.07) is 14.6. The van der Waals surface area contributed by atoms with Crippen molar-refractivity contribution in [3.05, 3.63) is 64.9 Å². The van der Waals surface area contributed by atoms with E-state index in [1.165, 1.54) is 18.4 Å². The van der Waals surface area contributed by atoms with E-state index >= 15 is 0 Å². The van der Waals surface area contributed by atoms with Gasteiger partial charge in [0.25, 0.3) is 0 Å². The minimum Gasteiger partial charge on any atom is -0.366 e. The lowest BCUT2D eigenvalue weighted by atomic mass is 10.2. The molecule has 2 heterocycles. The first-order valence-electron chi connectivity index (χ1n) is 8.31. The van der Waals surface area contributed by atoms with Gasteiger partial charge in [-0.25, -0.2) is 4.98 Å². The molecule has 2 N–H and O–H groups in total. The summed E-state index contributed by atoms with van der Waals surface area (Å²) in [5.41, 5.74) is 3.02. The highest BCUT2D eigenvalue weighted by Crippen LogP contribution is 2.26. The first-order chi connectivity index (χ1) is 12.3. The maximum atomic E-state index is 4.64. The van der Waals surface area contributed by atoms with E-state index < -0.39 is 0 Å². The van der Waals surface area contributed by atoms with Gasteiger partial charge in [0, 0.05) is 41.1 Å². The smallest absolute Gasteiger partial charge is 0.225 e. The molecule has 1 fully saturated rings. The quantitative estimate of drug-likeness (QED) is 0.643. The number of aromatic nitrogens is 3. The molecule has 25 heavy (non-hydrogen) atoms. The molecule has 126 valence electrons. The van der Waals surface area contributed by atoms with Crippen molar-refractivity contribution in [1.29, 1.82) is 0 Å². The van der Waals surface area contributed by atoms with Crippen LogP contribution in [0.4, 0.5) is 11.8 Å². The average molecular weight is 396 g/mol.